The van der Waals surface area contributed by atoms with Crippen molar-refractivity contribution in [2.24, 2.45) is 0 Å². The lowest BCUT2D eigenvalue weighted by Crippen LogP contribution is -2.38. The van der Waals surface area contributed by atoms with Crippen LogP contribution in [-0.4, -0.2) is 74.8 Å². The first-order chi connectivity index (χ1) is 17.0. The van der Waals surface area contributed by atoms with Crippen LogP contribution in [0, 0.1) is 0 Å². The van der Waals surface area contributed by atoms with Gasteiger partial charge in [-0.3, -0.25) is 0 Å². The number of benzene rings is 2. The van der Waals surface area contributed by atoms with Gasteiger partial charge in [0.05, 0.1) is 46.6 Å². The maximum Gasteiger partial charge on any atom is 0.119 e. The lowest BCUT2D eigenvalue weighted by atomic mass is 10.2. The minimum absolute atomic E-state index is 0.237. The average Bonchev–Trinajstić information content (AvgIpc) is 2.83. The van der Waals surface area contributed by atoms with Crippen LogP contribution >= 0.6 is 15.9 Å². The summed E-state index contributed by atoms with van der Waals surface area (Å²) >= 11 is 3.57. The third-order valence-corrected chi connectivity index (χ3v) is 6.26. The van der Waals surface area contributed by atoms with Crippen LogP contribution < -0.4 is 10.1 Å². The minimum atomic E-state index is -0.513. The molecule has 0 fully saturated rings. The van der Waals surface area contributed by atoms with Crippen LogP contribution in [-0.2, 0) is 22.6 Å². The Bertz CT molecular complexity index is 828. The van der Waals surface area contributed by atoms with Crippen LogP contribution in [0.15, 0.2) is 53.0 Å². The molecular weight excluding hydrogens is 520 g/mol. The van der Waals surface area contributed by atoms with Gasteiger partial charge in [-0.2, -0.15) is 0 Å². The molecule has 36 heavy (non-hydrogen) atoms. The van der Waals surface area contributed by atoms with Crippen molar-refractivity contribution in [2.45, 2.75) is 66.0 Å². The molecule has 0 saturated carbocycles. The fraction of sp³-hybridized carbons (Fsp3) is 0.586. The zero-order valence-corrected chi connectivity index (χ0v) is 24.9. The summed E-state index contributed by atoms with van der Waals surface area (Å²) in [5.74, 6) is 0.750. The fourth-order valence-corrected chi connectivity index (χ4v) is 3.45. The number of aliphatic hydroxyl groups is 1. The van der Waals surface area contributed by atoms with E-state index in [4.69, 9.17) is 14.2 Å². The van der Waals surface area contributed by atoms with E-state index in [0.29, 0.717) is 32.4 Å². The summed E-state index contributed by atoms with van der Waals surface area (Å²) in [5, 5.41) is 13.0. The number of hydrogen-bond donors (Lipinski definition) is 2. The summed E-state index contributed by atoms with van der Waals surface area (Å²) in [7, 11) is 4.50. The lowest BCUT2D eigenvalue weighted by Gasteiger charge is -2.28. The first-order valence-electron chi connectivity index (χ1n) is 12.9. The molecule has 0 aliphatic heterocycles. The van der Waals surface area contributed by atoms with E-state index in [1.807, 2.05) is 52.0 Å². The second-order valence-corrected chi connectivity index (χ2v) is 11.0. The molecule has 2 N–H and O–H groups in total. The maximum atomic E-state index is 9.80. The standard InChI is InChI=1S/C18H31NO4.C11H17BrN/c1-14(2)19-11-17(20)13-23-18-7-5-16(6-8-18)12-21-9-10-22-15(3)4;1-4-13(2,3)9-10-7-5-6-8-11(10)12/h5-8,14-15,17,19-20H,9-13H2,1-4H3;5-8H,4,9H2,1-3H3/q;+1. The van der Waals surface area contributed by atoms with E-state index in [1.54, 1.807) is 0 Å². The topological polar surface area (TPSA) is 60.0 Å². The van der Waals surface area contributed by atoms with Crippen molar-refractivity contribution in [2.75, 3.05) is 47.0 Å². The lowest BCUT2D eigenvalue weighted by molar-refractivity contribution is -0.901. The molecule has 0 saturated heterocycles. The summed E-state index contributed by atoms with van der Waals surface area (Å²) in [6, 6.07) is 16.5. The summed E-state index contributed by atoms with van der Waals surface area (Å²) < 4.78 is 18.8. The maximum absolute atomic E-state index is 9.80. The largest absolute Gasteiger partial charge is 0.491 e. The number of nitrogens with zero attached hydrogens (tertiary/aromatic N) is 1. The SMILES string of the molecule is CC(C)NCC(O)COc1ccc(COCCOC(C)C)cc1.CC[N+](C)(C)Cc1ccccc1Br. The number of aliphatic hydroxyl groups excluding tert-OH is 1. The Morgan fingerprint density at radius 1 is 0.972 bits per heavy atom. The molecule has 0 aromatic heterocycles. The van der Waals surface area contributed by atoms with Crippen molar-refractivity contribution in [3.8, 4) is 5.75 Å². The molecule has 0 aliphatic carbocycles. The van der Waals surface area contributed by atoms with E-state index in [-0.39, 0.29) is 12.7 Å². The van der Waals surface area contributed by atoms with Crippen LogP contribution in [0.3, 0.4) is 0 Å². The van der Waals surface area contributed by atoms with Crippen LogP contribution in [0.25, 0.3) is 0 Å². The van der Waals surface area contributed by atoms with E-state index >= 15 is 0 Å². The van der Waals surface area contributed by atoms with E-state index < -0.39 is 6.10 Å². The predicted octanol–water partition coefficient (Wildman–Crippen LogP) is 5.41. The van der Waals surface area contributed by atoms with Gasteiger partial charge in [-0.25, -0.2) is 0 Å². The highest BCUT2D eigenvalue weighted by Gasteiger charge is 2.14. The molecule has 1 unspecified atom stereocenters. The molecule has 0 spiro atoms. The third-order valence-electron chi connectivity index (χ3n) is 5.49. The Kier molecular flexibility index (Phi) is 16.2. The number of halogens is 1. The predicted molar refractivity (Wildman–Crippen MR) is 152 cm³/mol. The first-order valence-corrected chi connectivity index (χ1v) is 13.7. The molecule has 0 amide bonds. The van der Waals surface area contributed by atoms with Gasteiger partial charge in [0.1, 0.15) is 25.0 Å². The molecule has 7 heteroatoms. The van der Waals surface area contributed by atoms with Gasteiger partial charge in [0.2, 0.25) is 0 Å². The van der Waals surface area contributed by atoms with Crippen LogP contribution in [0.5, 0.6) is 5.75 Å². The van der Waals surface area contributed by atoms with Crippen LogP contribution in [0.4, 0.5) is 0 Å². The Labute approximate surface area is 227 Å². The summed E-state index contributed by atoms with van der Waals surface area (Å²) in [6.07, 6.45) is -0.275. The zero-order chi connectivity index (χ0) is 27.0. The monoisotopic (exact) mass is 567 g/mol. The second-order valence-electron chi connectivity index (χ2n) is 10.1. The molecule has 0 aliphatic rings. The van der Waals surface area contributed by atoms with Crippen LogP contribution in [0.1, 0.15) is 45.7 Å². The van der Waals surface area contributed by atoms with Gasteiger partial charge in [0.15, 0.2) is 0 Å². The number of nitrogens with one attached hydrogen (secondary N) is 1. The van der Waals surface area contributed by atoms with Gasteiger partial charge in [-0.05, 0) is 44.5 Å². The van der Waals surface area contributed by atoms with E-state index in [0.717, 1.165) is 28.9 Å². The molecule has 0 heterocycles. The Morgan fingerprint density at radius 2 is 1.64 bits per heavy atom. The van der Waals surface area contributed by atoms with Crippen molar-refractivity contribution in [3.63, 3.8) is 0 Å². The van der Waals surface area contributed by atoms with E-state index in [9.17, 15) is 5.11 Å². The molecule has 2 aromatic rings. The number of ether oxygens (including phenoxy) is 3. The highest BCUT2D eigenvalue weighted by molar-refractivity contribution is 9.10. The Morgan fingerprint density at radius 3 is 2.22 bits per heavy atom. The average molecular weight is 569 g/mol. The molecule has 1 atom stereocenters. The number of rotatable bonds is 15. The highest BCUT2D eigenvalue weighted by Crippen LogP contribution is 2.19. The van der Waals surface area contributed by atoms with E-state index in [1.165, 1.54) is 10.0 Å². The number of hydrogen-bond acceptors (Lipinski definition) is 5. The third kappa shape index (κ3) is 15.6. The Balaban J connectivity index is 0.000000420. The normalized spacial score (nSPS) is 12.4. The first kappa shape index (κ1) is 32.5. The molecule has 2 aromatic carbocycles. The van der Waals surface area contributed by atoms with Crippen molar-refractivity contribution in [3.05, 3.63) is 64.1 Å². The molecular formula is C29H48BrN2O4+. The summed E-state index contributed by atoms with van der Waals surface area (Å²) in [6.45, 7) is 15.1. The quantitative estimate of drug-likeness (QED) is 0.222. The second kappa shape index (κ2) is 17.9. The molecule has 2 rings (SSSR count). The van der Waals surface area contributed by atoms with Crippen molar-refractivity contribution < 1.29 is 23.8 Å². The van der Waals surface area contributed by atoms with Gasteiger partial charge in [-0.1, -0.05) is 60.1 Å². The smallest absolute Gasteiger partial charge is 0.119 e. The number of quaternary nitrogens is 1. The molecule has 204 valence electrons. The van der Waals surface area contributed by atoms with Gasteiger partial charge in [0, 0.05) is 22.6 Å². The van der Waals surface area contributed by atoms with Gasteiger partial charge in [0.25, 0.3) is 0 Å². The van der Waals surface area contributed by atoms with Gasteiger partial charge >= 0.3 is 0 Å². The van der Waals surface area contributed by atoms with Crippen molar-refractivity contribution in [1.82, 2.24) is 5.32 Å². The molecule has 0 radical (unpaired) electrons. The Hall–Kier alpha value is -1.48. The summed E-state index contributed by atoms with van der Waals surface area (Å²) in [5.41, 5.74) is 2.47. The summed E-state index contributed by atoms with van der Waals surface area (Å²) in [4.78, 5) is 0. The zero-order valence-electron chi connectivity index (χ0n) is 23.3. The van der Waals surface area contributed by atoms with Crippen LogP contribution in [0.2, 0.25) is 0 Å². The fourth-order valence-electron chi connectivity index (χ4n) is 3.04. The van der Waals surface area contributed by atoms with Crippen molar-refractivity contribution in [1.29, 1.82) is 0 Å². The van der Waals surface area contributed by atoms with Gasteiger partial charge < -0.3 is 29.1 Å². The van der Waals surface area contributed by atoms with Gasteiger partial charge in [-0.15, -0.1) is 0 Å². The highest BCUT2D eigenvalue weighted by atomic mass is 79.9. The molecule has 0 bridgehead atoms. The molecule has 6 nitrogen and oxygen atoms in total. The minimum Gasteiger partial charge on any atom is -0.491 e. The van der Waals surface area contributed by atoms with E-state index in [2.05, 4.69) is 66.5 Å². The van der Waals surface area contributed by atoms with Crippen molar-refractivity contribution >= 4 is 15.9 Å².